The predicted octanol–water partition coefficient (Wildman–Crippen LogP) is 3.08. The van der Waals surface area contributed by atoms with Crippen molar-refractivity contribution in [1.29, 1.82) is 0 Å². The molecule has 1 heterocycles. The van der Waals surface area contributed by atoms with E-state index < -0.39 is 0 Å². The lowest BCUT2D eigenvalue weighted by Crippen LogP contribution is -2.26. The highest BCUT2D eigenvalue weighted by Gasteiger charge is 2.23. The summed E-state index contributed by atoms with van der Waals surface area (Å²) in [6.07, 6.45) is 0.869. The van der Waals surface area contributed by atoms with Gasteiger partial charge in [0.05, 0.1) is 24.8 Å². The zero-order valence-corrected chi connectivity index (χ0v) is 10.6. The molecule has 5 heteroatoms. The van der Waals surface area contributed by atoms with Gasteiger partial charge >= 0.3 is 0 Å². The molecule has 0 fully saturated rings. The molecule has 1 aliphatic heterocycles. The third kappa shape index (κ3) is 2.28. The molecule has 1 unspecified atom stereocenters. The van der Waals surface area contributed by atoms with Gasteiger partial charge in [0.2, 0.25) is 0 Å². The van der Waals surface area contributed by atoms with Crippen molar-refractivity contribution < 1.29 is 9.57 Å². The van der Waals surface area contributed by atoms with E-state index in [9.17, 15) is 0 Å². The fraction of sp³-hybridized carbons (Fsp3) is 0.400. The lowest BCUT2D eigenvalue weighted by atomic mass is 10.0. The molecule has 1 aliphatic rings. The number of halogens is 2. The molecule has 2 rings (SSSR count). The van der Waals surface area contributed by atoms with Gasteiger partial charge in [0.15, 0.2) is 0 Å². The molecule has 0 aliphatic carbocycles. The van der Waals surface area contributed by atoms with Gasteiger partial charge in [0.25, 0.3) is 0 Å². The Hall–Kier alpha value is -0.290. The summed E-state index contributed by atoms with van der Waals surface area (Å²) < 4.78 is 6.48. The molecule has 0 radical (unpaired) electrons. The van der Waals surface area contributed by atoms with Crippen molar-refractivity contribution in [3.05, 3.63) is 27.2 Å². The van der Waals surface area contributed by atoms with Crippen LogP contribution in [0.3, 0.4) is 0 Å². The Bertz CT molecular complexity index is 373. The molecule has 0 spiro atoms. The normalized spacial score (nSPS) is 19.5. The highest BCUT2D eigenvalue weighted by molar-refractivity contribution is 9.10. The monoisotopic (exact) mass is 291 g/mol. The van der Waals surface area contributed by atoms with E-state index in [-0.39, 0.29) is 6.04 Å². The number of rotatable bonds is 2. The van der Waals surface area contributed by atoms with Crippen molar-refractivity contribution in [2.24, 2.45) is 0 Å². The predicted molar refractivity (Wildman–Crippen MR) is 62.1 cm³/mol. The average Bonchev–Trinajstić information content (AvgIpc) is 2.19. The van der Waals surface area contributed by atoms with Crippen LogP contribution >= 0.6 is 27.5 Å². The summed E-state index contributed by atoms with van der Waals surface area (Å²) in [6, 6.07) is 3.96. The average molecular weight is 293 g/mol. The Morgan fingerprint density at radius 1 is 1.60 bits per heavy atom. The molecule has 0 amide bonds. The summed E-state index contributed by atoms with van der Waals surface area (Å²) >= 11 is 9.50. The van der Waals surface area contributed by atoms with E-state index >= 15 is 0 Å². The lowest BCUT2D eigenvalue weighted by molar-refractivity contribution is 0.0463. The molecule has 1 aromatic carbocycles. The second-order valence-electron chi connectivity index (χ2n) is 3.32. The van der Waals surface area contributed by atoms with Crippen LogP contribution in [-0.4, -0.2) is 13.7 Å². The largest absolute Gasteiger partial charge is 0.492 e. The summed E-state index contributed by atoms with van der Waals surface area (Å²) in [5, 5.41) is 0.627. The molecule has 15 heavy (non-hydrogen) atoms. The van der Waals surface area contributed by atoms with E-state index in [0.29, 0.717) is 11.6 Å². The third-order valence-corrected chi connectivity index (χ3v) is 3.06. The Morgan fingerprint density at radius 3 is 3.13 bits per heavy atom. The molecule has 3 nitrogen and oxygen atoms in total. The summed E-state index contributed by atoms with van der Waals surface area (Å²) in [6.45, 7) is 0.648. The van der Waals surface area contributed by atoms with Crippen LogP contribution in [0, 0.1) is 0 Å². The number of hydrogen-bond acceptors (Lipinski definition) is 3. The molecule has 0 aromatic heterocycles. The van der Waals surface area contributed by atoms with Crippen LogP contribution in [0.4, 0.5) is 0 Å². The molecule has 0 saturated carbocycles. The molecule has 1 atom stereocenters. The fourth-order valence-electron chi connectivity index (χ4n) is 1.69. The summed E-state index contributed by atoms with van der Waals surface area (Å²) in [5.41, 5.74) is 3.97. The molecule has 0 bridgehead atoms. The van der Waals surface area contributed by atoms with Gasteiger partial charge in [-0.1, -0.05) is 27.5 Å². The van der Waals surface area contributed by atoms with Crippen LogP contribution in [0.2, 0.25) is 5.02 Å². The summed E-state index contributed by atoms with van der Waals surface area (Å²) in [7, 11) is 1.61. The van der Waals surface area contributed by atoms with E-state index in [1.807, 2.05) is 12.1 Å². The van der Waals surface area contributed by atoms with Gasteiger partial charge in [-0.25, -0.2) is 0 Å². The van der Waals surface area contributed by atoms with Gasteiger partial charge in [-0.05, 0) is 12.1 Å². The minimum Gasteiger partial charge on any atom is -0.492 e. The second-order valence-corrected chi connectivity index (χ2v) is 4.64. The molecule has 0 saturated heterocycles. The highest BCUT2D eigenvalue weighted by Crippen LogP contribution is 2.39. The van der Waals surface area contributed by atoms with E-state index in [1.165, 1.54) is 0 Å². The maximum atomic E-state index is 6.09. The van der Waals surface area contributed by atoms with Crippen LogP contribution in [0.25, 0.3) is 0 Å². The van der Waals surface area contributed by atoms with Gasteiger partial charge in [-0.2, -0.15) is 5.48 Å². The van der Waals surface area contributed by atoms with E-state index in [4.69, 9.17) is 21.2 Å². The summed E-state index contributed by atoms with van der Waals surface area (Å²) in [4.78, 5) is 4.95. The topological polar surface area (TPSA) is 30.5 Å². The van der Waals surface area contributed by atoms with Crippen LogP contribution in [-0.2, 0) is 4.84 Å². The molecule has 82 valence electrons. The Labute approximate surface area is 102 Å². The Balaban J connectivity index is 2.41. The first kappa shape index (κ1) is 11.2. The number of nitrogens with one attached hydrogen (secondary N) is 1. The van der Waals surface area contributed by atoms with Crippen molar-refractivity contribution in [3.8, 4) is 5.75 Å². The number of hydrogen-bond donors (Lipinski definition) is 1. The number of fused-ring (bicyclic) bond motifs is 1. The second kappa shape index (κ2) is 4.70. The number of hydroxylamine groups is 1. The molecular weight excluding hydrogens is 281 g/mol. The van der Waals surface area contributed by atoms with Gasteiger partial charge < -0.3 is 9.57 Å². The fourth-order valence-corrected chi connectivity index (χ4v) is 2.58. The SMILES string of the molecule is CONC1CCOc2c(Cl)cc(Br)cc21. The van der Waals surface area contributed by atoms with Crippen molar-refractivity contribution >= 4 is 27.5 Å². The molecule has 1 aromatic rings. The zero-order chi connectivity index (χ0) is 10.8. The minimum atomic E-state index is 0.133. The van der Waals surface area contributed by atoms with E-state index in [2.05, 4.69) is 21.4 Å². The maximum absolute atomic E-state index is 6.09. The quantitative estimate of drug-likeness (QED) is 0.850. The van der Waals surface area contributed by atoms with Gasteiger partial charge in [-0.15, -0.1) is 0 Å². The van der Waals surface area contributed by atoms with Crippen LogP contribution in [0.15, 0.2) is 16.6 Å². The molecule has 1 N–H and O–H groups in total. The van der Waals surface area contributed by atoms with E-state index in [1.54, 1.807) is 7.11 Å². The highest BCUT2D eigenvalue weighted by atomic mass is 79.9. The summed E-state index contributed by atoms with van der Waals surface area (Å²) in [5.74, 6) is 0.751. The number of ether oxygens (including phenoxy) is 1. The standard InChI is InChI=1S/C10H11BrClNO2/c1-14-13-9-2-3-15-10-7(9)4-6(11)5-8(10)12/h4-5,9,13H,2-3H2,1H3. The molecular formula is C10H11BrClNO2. The van der Waals surface area contributed by atoms with Crippen LogP contribution in [0.5, 0.6) is 5.75 Å². The van der Waals surface area contributed by atoms with Crippen LogP contribution in [0.1, 0.15) is 18.0 Å². The van der Waals surface area contributed by atoms with E-state index in [0.717, 1.165) is 22.2 Å². The van der Waals surface area contributed by atoms with Gasteiger partial charge in [-0.3, -0.25) is 0 Å². The minimum absolute atomic E-state index is 0.133. The van der Waals surface area contributed by atoms with Gasteiger partial charge in [0.1, 0.15) is 5.75 Å². The lowest BCUT2D eigenvalue weighted by Gasteiger charge is -2.26. The smallest absolute Gasteiger partial charge is 0.142 e. The van der Waals surface area contributed by atoms with Crippen molar-refractivity contribution in [2.45, 2.75) is 12.5 Å². The van der Waals surface area contributed by atoms with Crippen molar-refractivity contribution in [1.82, 2.24) is 5.48 Å². The van der Waals surface area contributed by atoms with Crippen molar-refractivity contribution in [2.75, 3.05) is 13.7 Å². The Morgan fingerprint density at radius 2 is 2.40 bits per heavy atom. The van der Waals surface area contributed by atoms with Crippen molar-refractivity contribution in [3.63, 3.8) is 0 Å². The Kier molecular flexibility index (Phi) is 3.51. The first-order chi connectivity index (χ1) is 7.22. The zero-order valence-electron chi connectivity index (χ0n) is 8.22. The number of benzene rings is 1. The first-order valence-electron chi connectivity index (χ1n) is 4.62. The van der Waals surface area contributed by atoms with Crippen LogP contribution < -0.4 is 10.2 Å². The van der Waals surface area contributed by atoms with Gasteiger partial charge in [0, 0.05) is 16.5 Å². The maximum Gasteiger partial charge on any atom is 0.142 e. The third-order valence-electron chi connectivity index (χ3n) is 2.33. The first-order valence-corrected chi connectivity index (χ1v) is 5.79.